The van der Waals surface area contributed by atoms with Gasteiger partial charge in [0.05, 0.1) is 23.6 Å². The molecule has 4 aromatic rings. The molecular formula is C29H29N3O3S. The topological polar surface area (TPSA) is 73.2 Å². The van der Waals surface area contributed by atoms with Gasteiger partial charge in [-0.25, -0.2) is 4.98 Å². The lowest BCUT2D eigenvalue weighted by atomic mass is 10.1. The number of fused-ring (bicyclic) bond motifs is 1. The van der Waals surface area contributed by atoms with Crippen LogP contribution < -0.4 is 10.9 Å². The molecule has 2 heterocycles. The molecule has 1 aliphatic heterocycles. The Morgan fingerprint density at radius 2 is 1.89 bits per heavy atom. The summed E-state index contributed by atoms with van der Waals surface area (Å²) in [5, 5.41) is 3.59. The van der Waals surface area contributed by atoms with Gasteiger partial charge in [-0.05, 0) is 61.6 Å². The number of hydrogen-bond acceptors (Lipinski definition) is 5. The van der Waals surface area contributed by atoms with E-state index in [2.05, 4.69) is 5.32 Å². The zero-order chi connectivity index (χ0) is 25.1. The van der Waals surface area contributed by atoms with E-state index in [0.29, 0.717) is 29.2 Å². The minimum atomic E-state index is -0.602. The van der Waals surface area contributed by atoms with E-state index in [1.54, 1.807) is 10.6 Å². The summed E-state index contributed by atoms with van der Waals surface area (Å²) >= 11 is 1.30. The lowest BCUT2D eigenvalue weighted by molar-refractivity contribution is -0.115. The minimum Gasteiger partial charge on any atom is -0.376 e. The van der Waals surface area contributed by atoms with E-state index in [-0.39, 0.29) is 17.6 Å². The van der Waals surface area contributed by atoms with Crippen LogP contribution in [-0.2, 0) is 16.1 Å². The first-order valence-electron chi connectivity index (χ1n) is 12.2. The highest BCUT2D eigenvalue weighted by molar-refractivity contribution is 8.00. The molecule has 1 saturated heterocycles. The maximum Gasteiger partial charge on any atom is 0.262 e. The van der Waals surface area contributed by atoms with Crippen LogP contribution in [0, 0.1) is 13.8 Å². The number of para-hydroxylation sites is 1. The molecule has 3 aromatic carbocycles. The number of anilines is 1. The predicted molar refractivity (Wildman–Crippen MR) is 145 cm³/mol. The number of aromatic nitrogens is 2. The third-order valence-corrected chi connectivity index (χ3v) is 7.70. The Bertz CT molecular complexity index is 1450. The van der Waals surface area contributed by atoms with Crippen LogP contribution in [0.15, 0.2) is 82.7 Å². The number of carbonyl (C=O) groups is 1. The van der Waals surface area contributed by atoms with Crippen molar-refractivity contribution in [3.8, 4) is 0 Å². The fourth-order valence-electron chi connectivity index (χ4n) is 4.47. The third kappa shape index (κ3) is 5.22. The Morgan fingerprint density at radius 1 is 1.11 bits per heavy atom. The zero-order valence-electron chi connectivity index (χ0n) is 20.4. The van der Waals surface area contributed by atoms with Crippen molar-refractivity contribution in [2.24, 2.45) is 0 Å². The number of ether oxygens (including phenoxy) is 1. The first-order chi connectivity index (χ1) is 17.5. The maximum absolute atomic E-state index is 13.7. The van der Waals surface area contributed by atoms with Crippen LogP contribution in [0.3, 0.4) is 0 Å². The molecule has 0 aliphatic carbocycles. The molecule has 1 fully saturated rings. The molecule has 1 aliphatic rings. The van der Waals surface area contributed by atoms with Gasteiger partial charge >= 0.3 is 0 Å². The van der Waals surface area contributed by atoms with Crippen LogP contribution in [0.1, 0.15) is 34.8 Å². The molecule has 2 unspecified atom stereocenters. The SMILES string of the molecule is Cc1ccc(C)c(NC(=O)C(Sc2nc3ccccc3c(=O)n2CC2CCCO2)c2ccccc2)c1. The Labute approximate surface area is 214 Å². The second kappa shape index (κ2) is 10.7. The number of thioether (sulfide) groups is 1. The Kier molecular flexibility index (Phi) is 7.20. The lowest BCUT2D eigenvalue weighted by Gasteiger charge is -2.21. The van der Waals surface area contributed by atoms with E-state index in [0.717, 1.165) is 35.2 Å². The molecule has 36 heavy (non-hydrogen) atoms. The van der Waals surface area contributed by atoms with Gasteiger partial charge in [0.1, 0.15) is 5.25 Å². The van der Waals surface area contributed by atoms with Gasteiger partial charge in [-0.15, -0.1) is 0 Å². The zero-order valence-corrected chi connectivity index (χ0v) is 21.3. The van der Waals surface area contributed by atoms with Crippen molar-refractivity contribution in [1.29, 1.82) is 0 Å². The average Bonchev–Trinajstić information content (AvgIpc) is 3.40. The molecule has 184 valence electrons. The Balaban J connectivity index is 1.56. The fourth-order valence-corrected chi connectivity index (χ4v) is 5.57. The van der Waals surface area contributed by atoms with Gasteiger partial charge in [0.25, 0.3) is 5.56 Å². The van der Waals surface area contributed by atoms with E-state index >= 15 is 0 Å². The first kappa shape index (κ1) is 24.3. The molecule has 1 amide bonds. The van der Waals surface area contributed by atoms with Crippen LogP contribution in [0.5, 0.6) is 0 Å². The van der Waals surface area contributed by atoms with Crippen molar-refractivity contribution in [2.75, 3.05) is 11.9 Å². The maximum atomic E-state index is 13.7. The van der Waals surface area contributed by atoms with E-state index in [1.807, 2.05) is 80.6 Å². The smallest absolute Gasteiger partial charge is 0.262 e. The van der Waals surface area contributed by atoms with Crippen LogP contribution >= 0.6 is 11.8 Å². The first-order valence-corrected chi connectivity index (χ1v) is 13.1. The molecule has 5 rings (SSSR count). The average molecular weight is 500 g/mol. The molecular weight excluding hydrogens is 470 g/mol. The van der Waals surface area contributed by atoms with Gasteiger partial charge in [-0.2, -0.15) is 0 Å². The number of aryl methyl sites for hydroxylation is 2. The van der Waals surface area contributed by atoms with Gasteiger partial charge in [0.2, 0.25) is 5.91 Å². The van der Waals surface area contributed by atoms with Crippen molar-refractivity contribution in [3.63, 3.8) is 0 Å². The van der Waals surface area contributed by atoms with Crippen molar-refractivity contribution in [3.05, 3.63) is 99.8 Å². The second-order valence-electron chi connectivity index (χ2n) is 9.18. The molecule has 0 bridgehead atoms. The highest BCUT2D eigenvalue weighted by Crippen LogP contribution is 2.36. The molecule has 1 N–H and O–H groups in total. The van der Waals surface area contributed by atoms with Crippen LogP contribution in [0.25, 0.3) is 10.9 Å². The molecule has 2 atom stereocenters. The van der Waals surface area contributed by atoms with Gasteiger partial charge in [0.15, 0.2) is 5.16 Å². The molecule has 0 spiro atoms. The van der Waals surface area contributed by atoms with Crippen molar-refractivity contribution >= 4 is 34.3 Å². The number of nitrogens with zero attached hydrogens (tertiary/aromatic N) is 2. The number of rotatable bonds is 7. The summed E-state index contributed by atoms with van der Waals surface area (Å²) in [4.78, 5) is 32.1. The van der Waals surface area contributed by atoms with Crippen molar-refractivity contribution < 1.29 is 9.53 Å². The van der Waals surface area contributed by atoms with Crippen LogP contribution in [0.4, 0.5) is 5.69 Å². The number of hydrogen-bond donors (Lipinski definition) is 1. The minimum absolute atomic E-state index is 0.0380. The standard InChI is InChI=1S/C29H29N3O3S/c1-19-14-15-20(2)25(17-19)30-27(33)26(21-9-4-3-5-10-21)36-29-31-24-13-7-6-12-23(24)28(34)32(29)18-22-11-8-16-35-22/h3-7,9-10,12-15,17,22,26H,8,11,16,18H2,1-2H3,(H,30,33). The van der Waals surface area contributed by atoms with Gasteiger partial charge < -0.3 is 10.1 Å². The van der Waals surface area contributed by atoms with Gasteiger partial charge in [-0.1, -0.05) is 66.4 Å². The summed E-state index contributed by atoms with van der Waals surface area (Å²) in [5.41, 5.74) is 4.20. The third-order valence-electron chi connectivity index (χ3n) is 6.45. The summed E-state index contributed by atoms with van der Waals surface area (Å²) in [6.07, 6.45) is 1.84. The summed E-state index contributed by atoms with van der Waals surface area (Å²) < 4.78 is 7.53. The number of benzene rings is 3. The van der Waals surface area contributed by atoms with Crippen molar-refractivity contribution in [1.82, 2.24) is 9.55 Å². The molecule has 0 radical (unpaired) electrons. The van der Waals surface area contributed by atoms with Crippen LogP contribution in [-0.4, -0.2) is 28.2 Å². The Morgan fingerprint density at radius 3 is 2.67 bits per heavy atom. The Hall–Kier alpha value is -3.42. The van der Waals surface area contributed by atoms with Gasteiger partial charge in [-0.3, -0.25) is 14.2 Å². The van der Waals surface area contributed by atoms with E-state index in [1.165, 1.54) is 11.8 Å². The normalized spacial score (nSPS) is 16.2. The monoisotopic (exact) mass is 499 g/mol. The molecule has 7 heteroatoms. The quantitative estimate of drug-likeness (QED) is 0.262. The summed E-state index contributed by atoms with van der Waals surface area (Å²) in [5.74, 6) is -0.161. The van der Waals surface area contributed by atoms with Gasteiger partial charge in [0, 0.05) is 12.3 Å². The summed E-state index contributed by atoms with van der Waals surface area (Å²) in [6, 6.07) is 23.0. The summed E-state index contributed by atoms with van der Waals surface area (Å²) in [6.45, 7) is 5.10. The summed E-state index contributed by atoms with van der Waals surface area (Å²) in [7, 11) is 0. The van der Waals surface area contributed by atoms with E-state index < -0.39 is 5.25 Å². The highest BCUT2D eigenvalue weighted by atomic mass is 32.2. The fraction of sp³-hybridized carbons (Fsp3) is 0.276. The largest absolute Gasteiger partial charge is 0.376 e. The van der Waals surface area contributed by atoms with E-state index in [9.17, 15) is 9.59 Å². The number of amides is 1. The molecule has 1 aromatic heterocycles. The number of nitrogens with one attached hydrogen (secondary N) is 1. The van der Waals surface area contributed by atoms with E-state index in [4.69, 9.17) is 9.72 Å². The molecule has 0 saturated carbocycles. The number of carbonyl (C=O) groups excluding carboxylic acids is 1. The predicted octanol–water partition coefficient (Wildman–Crippen LogP) is 5.66. The highest BCUT2D eigenvalue weighted by Gasteiger charge is 2.27. The lowest BCUT2D eigenvalue weighted by Crippen LogP contribution is -2.29. The van der Waals surface area contributed by atoms with Crippen molar-refractivity contribution in [2.45, 2.75) is 49.7 Å². The second-order valence-corrected chi connectivity index (χ2v) is 10.3. The van der Waals surface area contributed by atoms with Crippen LogP contribution in [0.2, 0.25) is 0 Å². The molecule has 6 nitrogen and oxygen atoms in total.